The van der Waals surface area contributed by atoms with Crippen LogP contribution in [0.3, 0.4) is 0 Å². The summed E-state index contributed by atoms with van der Waals surface area (Å²) in [6.45, 7) is 0.101. The van der Waals surface area contributed by atoms with Crippen LogP contribution < -0.4 is 5.73 Å². The van der Waals surface area contributed by atoms with Gasteiger partial charge in [-0.2, -0.15) is 0 Å². The van der Waals surface area contributed by atoms with Crippen molar-refractivity contribution < 1.29 is 13.2 Å². The van der Waals surface area contributed by atoms with Gasteiger partial charge in [0.2, 0.25) is 0 Å². The second-order valence-corrected chi connectivity index (χ2v) is 7.04. The fraction of sp³-hybridized carbons (Fsp3) is 0.357. The average molecular weight is 292 g/mol. The fourth-order valence-electron chi connectivity index (χ4n) is 2.28. The van der Waals surface area contributed by atoms with Gasteiger partial charge in [0.1, 0.15) is 0 Å². The maximum atomic E-state index is 12.4. The molecule has 0 radical (unpaired) electrons. The van der Waals surface area contributed by atoms with E-state index in [0.29, 0.717) is 17.7 Å². The van der Waals surface area contributed by atoms with E-state index in [9.17, 15) is 13.2 Å². The van der Waals surface area contributed by atoms with Gasteiger partial charge in [-0.25, -0.2) is 8.42 Å². The quantitative estimate of drug-likeness (QED) is 0.651. The normalized spacial score (nSPS) is 20.2. The maximum absolute atomic E-state index is 12.4. The van der Waals surface area contributed by atoms with Crippen LogP contribution in [0.2, 0.25) is 0 Å². The van der Waals surface area contributed by atoms with E-state index in [4.69, 9.17) is 12.2 Å². The lowest BCUT2D eigenvalue weighted by Gasteiger charge is -2.26. The third-order valence-electron chi connectivity index (χ3n) is 3.33. The first-order valence-corrected chi connectivity index (χ1v) is 8.05. The van der Waals surface area contributed by atoms with Gasteiger partial charge < -0.3 is 10.6 Å². The largest absolute Gasteiger partial charge is 0.399 e. The molecular formula is C14H16N2O3S. The second kappa shape index (κ2) is 5.55. The van der Waals surface area contributed by atoms with E-state index in [0.717, 1.165) is 0 Å². The van der Waals surface area contributed by atoms with E-state index < -0.39 is 9.84 Å². The van der Waals surface area contributed by atoms with E-state index >= 15 is 0 Å². The van der Waals surface area contributed by atoms with Gasteiger partial charge in [-0.1, -0.05) is 5.92 Å². The van der Waals surface area contributed by atoms with Crippen molar-refractivity contribution in [3.63, 3.8) is 0 Å². The second-order valence-electron chi connectivity index (χ2n) is 4.82. The number of nitrogens with two attached hydrogens (primary N) is 1. The molecule has 0 aliphatic carbocycles. The molecule has 0 saturated carbocycles. The van der Waals surface area contributed by atoms with Crippen molar-refractivity contribution in [2.45, 2.75) is 12.5 Å². The summed E-state index contributed by atoms with van der Waals surface area (Å²) in [5, 5.41) is 0. The summed E-state index contributed by atoms with van der Waals surface area (Å²) in [6, 6.07) is 6.15. The minimum Gasteiger partial charge on any atom is -0.399 e. The summed E-state index contributed by atoms with van der Waals surface area (Å²) in [5.41, 5.74) is 6.60. The molecule has 1 heterocycles. The standard InChI is InChI=1S/C14H16N2O3S/c1-2-8-16(13-7-9-20(18,19)10-13)14(17)11-3-5-12(15)6-4-11/h1,3-6,13H,7-10,15H2. The van der Waals surface area contributed by atoms with Gasteiger partial charge in [-0.3, -0.25) is 4.79 Å². The number of carbonyl (C=O) groups is 1. The average Bonchev–Trinajstić information content (AvgIpc) is 2.76. The number of amides is 1. The molecule has 1 aliphatic rings. The number of terminal acetylenes is 1. The molecule has 1 amide bonds. The monoisotopic (exact) mass is 292 g/mol. The molecule has 0 bridgehead atoms. The molecule has 0 aromatic heterocycles. The molecule has 2 rings (SSSR count). The Balaban J connectivity index is 2.23. The van der Waals surface area contributed by atoms with Crippen LogP contribution in [0.5, 0.6) is 0 Å². The topological polar surface area (TPSA) is 80.5 Å². The Labute approximate surface area is 118 Å². The van der Waals surface area contributed by atoms with Gasteiger partial charge in [0.25, 0.3) is 5.91 Å². The number of benzene rings is 1. The van der Waals surface area contributed by atoms with Gasteiger partial charge in [0.05, 0.1) is 18.1 Å². The third kappa shape index (κ3) is 3.11. The number of hydrogen-bond donors (Lipinski definition) is 1. The highest BCUT2D eigenvalue weighted by atomic mass is 32.2. The van der Waals surface area contributed by atoms with Crippen LogP contribution >= 0.6 is 0 Å². The summed E-state index contributed by atoms with van der Waals surface area (Å²) in [5.74, 6) is 2.25. The minimum absolute atomic E-state index is 0.0185. The van der Waals surface area contributed by atoms with Crippen LogP contribution in [0.4, 0.5) is 5.69 Å². The summed E-state index contributed by atoms with van der Waals surface area (Å²) < 4.78 is 23.1. The number of hydrogen-bond acceptors (Lipinski definition) is 4. The molecule has 5 nitrogen and oxygen atoms in total. The summed E-state index contributed by atoms with van der Waals surface area (Å²) in [6.07, 6.45) is 5.73. The van der Waals surface area contributed by atoms with Crippen LogP contribution in [0, 0.1) is 12.3 Å². The molecule has 1 unspecified atom stereocenters. The Kier molecular flexibility index (Phi) is 4.00. The van der Waals surface area contributed by atoms with Gasteiger partial charge >= 0.3 is 0 Å². The van der Waals surface area contributed by atoms with Crippen molar-refractivity contribution in [3.8, 4) is 12.3 Å². The van der Waals surface area contributed by atoms with Crippen molar-refractivity contribution in [3.05, 3.63) is 29.8 Å². The molecule has 1 aliphatic heterocycles. The van der Waals surface area contributed by atoms with Crippen LogP contribution in [-0.2, 0) is 9.84 Å². The Hall–Kier alpha value is -2.00. The Morgan fingerprint density at radius 2 is 2.05 bits per heavy atom. The Morgan fingerprint density at radius 3 is 2.55 bits per heavy atom. The highest BCUT2D eigenvalue weighted by Gasteiger charge is 2.34. The SMILES string of the molecule is C#CCN(C(=O)c1ccc(N)cc1)C1CCS(=O)(=O)C1. The maximum Gasteiger partial charge on any atom is 0.254 e. The highest BCUT2D eigenvalue weighted by molar-refractivity contribution is 7.91. The smallest absolute Gasteiger partial charge is 0.254 e. The van der Waals surface area contributed by atoms with Gasteiger partial charge in [0, 0.05) is 17.3 Å². The third-order valence-corrected chi connectivity index (χ3v) is 5.08. The summed E-state index contributed by atoms with van der Waals surface area (Å²) in [4.78, 5) is 13.9. The molecule has 6 heteroatoms. The fourth-order valence-corrected chi connectivity index (χ4v) is 4.01. The molecule has 106 valence electrons. The lowest BCUT2D eigenvalue weighted by molar-refractivity contribution is 0.0724. The van der Waals surface area contributed by atoms with Crippen LogP contribution in [-0.4, -0.2) is 43.3 Å². The first kappa shape index (κ1) is 14.4. The van der Waals surface area contributed by atoms with E-state index in [1.807, 2.05) is 0 Å². The van der Waals surface area contributed by atoms with Crippen molar-refractivity contribution >= 4 is 21.4 Å². The van der Waals surface area contributed by atoms with Crippen molar-refractivity contribution in [1.29, 1.82) is 0 Å². The Bertz CT molecular complexity index is 644. The highest BCUT2D eigenvalue weighted by Crippen LogP contribution is 2.20. The van der Waals surface area contributed by atoms with Crippen molar-refractivity contribution in [2.75, 3.05) is 23.8 Å². The van der Waals surface area contributed by atoms with Gasteiger partial charge in [-0.05, 0) is 30.7 Å². The first-order chi connectivity index (χ1) is 9.43. The van der Waals surface area contributed by atoms with Crippen molar-refractivity contribution in [1.82, 2.24) is 4.90 Å². The van der Waals surface area contributed by atoms with Crippen molar-refractivity contribution in [2.24, 2.45) is 0 Å². The number of nitrogens with zero attached hydrogens (tertiary/aromatic N) is 1. The zero-order valence-electron chi connectivity index (χ0n) is 11.0. The number of anilines is 1. The number of carbonyl (C=O) groups excluding carboxylic acids is 1. The summed E-state index contributed by atoms with van der Waals surface area (Å²) in [7, 11) is -3.06. The molecule has 1 fully saturated rings. The Morgan fingerprint density at radius 1 is 1.40 bits per heavy atom. The van der Waals surface area contributed by atoms with E-state index in [1.165, 1.54) is 4.90 Å². The molecule has 1 aromatic carbocycles. The van der Waals surface area contributed by atoms with Gasteiger partial charge in [-0.15, -0.1) is 6.42 Å². The molecule has 1 atom stereocenters. The first-order valence-electron chi connectivity index (χ1n) is 6.23. The van der Waals surface area contributed by atoms with E-state index in [1.54, 1.807) is 24.3 Å². The zero-order chi connectivity index (χ0) is 14.8. The molecular weight excluding hydrogens is 276 g/mol. The molecule has 0 spiro atoms. The van der Waals surface area contributed by atoms with Gasteiger partial charge in [0.15, 0.2) is 9.84 Å². The summed E-state index contributed by atoms with van der Waals surface area (Å²) >= 11 is 0. The predicted molar refractivity (Wildman–Crippen MR) is 77.8 cm³/mol. The van der Waals surface area contributed by atoms with Crippen LogP contribution in [0.1, 0.15) is 16.8 Å². The molecule has 1 aromatic rings. The van der Waals surface area contributed by atoms with E-state index in [2.05, 4.69) is 5.92 Å². The predicted octanol–water partition coefficient (Wildman–Crippen LogP) is 0.531. The minimum atomic E-state index is -3.06. The molecule has 2 N–H and O–H groups in total. The van der Waals surface area contributed by atoms with Crippen LogP contribution in [0.25, 0.3) is 0 Å². The number of rotatable bonds is 3. The number of sulfone groups is 1. The molecule has 1 saturated heterocycles. The lowest BCUT2D eigenvalue weighted by atomic mass is 10.1. The number of nitrogen functional groups attached to an aromatic ring is 1. The zero-order valence-corrected chi connectivity index (χ0v) is 11.8. The molecule has 20 heavy (non-hydrogen) atoms. The van der Waals surface area contributed by atoms with Crippen LogP contribution in [0.15, 0.2) is 24.3 Å². The lowest BCUT2D eigenvalue weighted by Crippen LogP contribution is -2.41. The van der Waals surface area contributed by atoms with E-state index in [-0.39, 0.29) is 30.0 Å².